The van der Waals surface area contributed by atoms with Crippen molar-refractivity contribution in [3.63, 3.8) is 0 Å². The molecule has 482 valence electrons. The first-order chi connectivity index (χ1) is 44.4. The maximum atomic E-state index is 6.77. The van der Waals surface area contributed by atoms with Crippen LogP contribution in [-0.2, 0) is 0 Å². The molecule has 6 heteroatoms. The molecule has 8 aromatic rings. The average molecular weight is 1220 g/mol. The molecular weight excluding hydrogens is 1100 g/mol. The second-order valence-corrected chi connectivity index (χ2v) is 25.4. The van der Waals surface area contributed by atoms with Crippen molar-refractivity contribution in [2.24, 2.45) is 0 Å². The minimum Gasteiger partial charge on any atom is -0.494 e. The van der Waals surface area contributed by atoms with E-state index in [0.717, 1.165) is 97.4 Å². The summed E-state index contributed by atoms with van der Waals surface area (Å²) in [5, 5.41) is 4.83. The largest absolute Gasteiger partial charge is 0.494 e. The van der Waals surface area contributed by atoms with Gasteiger partial charge in [0.25, 0.3) is 0 Å². The number of hydrogen-bond acceptors (Lipinski definition) is 6. The van der Waals surface area contributed by atoms with Crippen LogP contribution in [0.2, 0.25) is 0 Å². The van der Waals surface area contributed by atoms with E-state index in [1.54, 1.807) is 0 Å². The topological polar surface area (TPSA) is 55.4 Å². The molecule has 0 aromatic heterocycles. The fourth-order valence-corrected chi connectivity index (χ4v) is 12.5. The molecule has 6 nitrogen and oxygen atoms in total. The van der Waals surface area contributed by atoms with Crippen LogP contribution >= 0.6 is 0 Å². The summed E-state index contributed by atoms with van der Waals surface area (Å²) in [4.78, 5) is 0. The Morgan fingerprint density at radius 2 is 0.533 bits per heavy atom. The van der Waals surface area contributed by atoms with Gasteiger partial charge in [0, 0.05) is 11.1 Å². The Hall–Kier alpha value is -6.92. The lowest BCUT2D eigenvalue weighted by Crippen LogP contribution is -2.11. The first-order valence-corrected chi connectivity index (χ1v) is 35.7. The summed E-state index contributed by atoms with van der Waals surface area (Å²) >= 11 is 0. The van der Waals surface area contributed by atoms with Crippen molar-refractivity contribution < 1.29 is 28.4 Å². The van der Waals surface area contributed by atoms with Crippen molar-refractivity contribution in [1.82, 2.24) is 0 Å². The van der Waals surface area contributed by atoms with Gasteiger partial charge in [-0.15, -0.1) is 0 Å². The molecule has 0 amide bonds. The molecule has 8 aromatic carbocycles. The van der Waals surface area contributed by atoms with Gasteiger partial charge in [-0.2, -0.15) is 0 Å². The smallest absolute Gasteiger partial charge is 0.127 e. The highest BCUT2D eigenvalue weighted by molar-refractivity contribution is 6.09. The third-order valence-corrected chi connectivity index (χ3v) is 17.8. The van der Waals surface area contributed by atoms with Crippen LogP contribution in [0.1, 0.15) is 220 Å². The fourth-order valence-electron chi connectivity index (χ4n) is 12.5. The minimum absolute atomic E-state index is 0.247. The van der Waals surface area contributed by atoms with E-state index in [2.05, 4.69) is 198 Å². The van der Waals surface area contributed by atoms with Crippen LogP contribution < -0.4 is 28.4 Å². The molecule has 0 saturated heterocycles. The van der Waals surface area contributed by atoms with E-state index in [0.29, 0.717) is 13.2 Å². The maximum absolute atomic E-state index is 6.77. The summed E-state index contributed by atoms with van der Waals surface area (Å²) in [5.41, 5.74) is 7.07. The molecule has 0 fully saturated rings. The van der Waals surface area contributed by atoms with Crippen molar-refractivity contribution in [2.45, 2.75) is 233 Å². The van der Waals surface area contributed by atoms with Gasteiger partial charge in [0.15, 0.2) is 0 Å². The van der Waals surface area contributed by atoms with Crippen LogP contribution in [0.15, 0.2) is 170 Å². The van der Waals surface area contributed by atoms with Gasteiger partial charge >= 0.3 is 0 Å². The van der Waals surface area contributed by atoms with Crippen LogP contribution in [0.4, 0.5) is 0 Å². The molecule has 0 spiro atoms. The van der Waals surface area contributed by atoms with Crippen molar-refractivity contribution in [3.8, 4) is 67.9 Å². The molecule has 0 aliphatic heterocycles. The number of fused-ring (bicyclic) bond motifs is 2. The van der Waals surface area contributed by atoms with Crippen molar-refractivity contribution in [1.29, 1.82) is 0 Å². The van der Waals surface area contributed by atoms with E-state index in [1.807, 2.05) is 0 Å². The quantitative estimate of drug-likeness (QED) is 0.0354. The maximum Gasteiger partial charge on any atom is 0.127 e. The Morgan fingerprint density at radius 1 is 0.256 bits per heavy atom. The molecule has 2 atom stereocenters. The number of unbranched alkanes of at least 4 members (excludes halogenated alkanes) is 24. The predicted octanol–water partition coefficient (Wildman–Crippen LogP) is 25.2. The lowest BCUT2D eigenvalue weighted by molar-refractivity contribution is 0.206. The molecule has 0 aliphatic rings. The van der Waals surface area contributed by atoms with Gasteiger partial charge in [0.1, 0.15) is 34.5 Å². The summed E-state index contributed by atoms with van der Waals surface area (Å²) in [6.07, 6.45) is 37.5. The van der Waals surface area contributed by atoms with Crippen LogP contribution in [0.5, 0.6) is 34.5 Å². The van der Waals surface area contributed by atoms with E-state index < -0.39 is 0 Å². The molecule has 0 bridgehead atoms. The van der Waals surface area contributed by atoms with E-state index in [-0.39, 0.29) is 12.2 Å². The molecule has 0 N–H and O–H groups in total. The molecule has 0 saturated carbocycles. The number of benzene rings is 8. The highest BCUT2D eigenvalue weighted by Crippen LogP contribution is 2.46. The number of ether oxygens (including phenoxy) is 6. The standard InChI is InChI=1S/C84H110O6/c1-5-7-9-27-37-67(3)89-77-57-47-71(48-58-77)69-43-53-75(54-44-69)85-63-33-23-19-15-11-13-17-21-25-35-65-87-81-61-51-73-39-29-31-41-79(73)83(81)84-80-42-32-30-40-74(80)52-62-82(84)88-66-36-26-22-18-14-12-16-20-24-34-64-86-76-55-45-70(46-56-76)72-49-59-78(60-50-72)90-68(4)38-28-10-8-6-2/h29-32,39-62,67-68H,5-28,33-38,63-66H2,1-4H3/t67-,68-/m0/s1. The average Bonchev–Trinajstić information content (AvgIpc) is 0.990. The third-order valence-electron chi connectivity index (χ3n) is 17.8. The second kappa shape index (κ2) is 40.7. The highest BCUT2D eigenvalue weighted by atomic mass is 16.5. The zero-order valence-electron chi connectivity index (χ0n) is 55.8. The van der Waals surface area contributed by atoms with Crippen molar-refractivity contribution >= 4 is 21.5 Å². The van der Waals surface area contributed by atoms with E-state index >= 15 is 0 Å². The third kappa shape index (κ3) is 24.0. The molecular formula is C84H110O6. The number of hydrogen-bond donors (Lipinski definition) is 0. The van der Waals surface area contributed by atoms with E-state index in [4.69, 9.17) is 28.4 Å². The van der Waals surface area contributed by atoms with Gasteiger partial charge in [-0.1, -0.05) is 264 Å². The molecule has 0 heterocycles. The summed E-state index contributed by atoms with van der Waals surface area (Å²) in [6.45, 7) is 11.8. The molecule has 0 radical (unpaired) electrons. The number of rotatable bonds is 47. The Kier molecular flexibility index (Phi) is 31.2. The highest BCUT2D eigenvalue weighted by Gasteiger charge is 2.20. The lowest BCUT2D eigenvalue weighted by Gasteiger charge is -2.20. The molecule has 8 rings (SSSR count). The van der Waals surface area contributed by atoms with Gasteiger partial charge in [-0.25, -0.2) is 0 Å². The zero-order valence-corrected chi connectivity index (χ0v) is 55.8. The fraction of sp³-hybridized carbons (Fsp3) is 0.476. The zero-order chi connectivity index (χ0) is 62.5. The van der Waals surface area contributed by atoms with Crippen molar-refractivity contribution in [2.75, 3.05) is 26.4 Å². The Bertz CT molecular complexity index is 2970. The second-order valence-electron chi connectivity index (χ2n) is 25.4. The first kappa shape index (κ1) is 69.0. The van der Waals surface area contributed by atoms with Crippen molar-refractivity contribution in [3.05, 3.63) is 170 Å². The molecule has 90 heavy (non-hydrogen) atoms. The Labute approximate surface area is 543 Å². The van der Waals surface area contributed by atoms with Crippen LogP contribution in [0.3, 0.4) is 0 Å². The Morgan fingerprint density at radius 3 is 0.856 bits per heavy atom. The summed E-state index contributed by atoms with van der Waals surface area (Å²) in [6, 6.07) is 60.3. The lowest BCUT2D eigenvalue weighted by atomic mass is 9.92. The van der Waals surface area contributed by atoms with E-state index in [9.17, 15) is 0 Å². The summed E-state index contributed by atoms with van der Waals surface area (Å²) < 4.78 is 38.1. The monoisotopic (exact) mass is 1210 g/mol. The van der Waals surface area contributed by atoms with Gasteiger partial charge in [-0.05, 0) is 170 Å². The van der Waals surface area contributed by atoms with Gasteiger partial charge in [0.2, 0.25) is 0 Å². The molecule has 0 aliphatic carbocycles. The van der Waals surface area contributed by atoms with Crippen LogP contribution in [0.25, 0.3) is 54.9 Å². The predicted molar refractivity (Wildman–Crippen MR) is 383 cm³/mol. The van der Waals surface area contributed by atoms with Gasteiger partial charge in [-0.3, -0.25) is 0 Å². The molecule has 0 unspecified atom stereocenters. The van der Waals surface area contributed by atoms with E-state index in [1.165, 1.54) is 198 Å². The van der Waals surface area contributed by atoms with Crippen LogP contribution in [-0.4, -0.2) is 38.6 Å². The van der Waals surface area contributed by atoms with Gasteiger partial charge < -0.3 is 28.4 Å². The normalized spacial score (nSPS) is 12.1. The van der Waals surface area contributed by atoms with Crippen LogP contribution in [0, 0.1) is 0 Å². The Balaban J connectivity index is 0.662. The SMILES string of the molecule is CCCCCC[C@H](C)Oc1ccc(-c2ccc(OCCCCCCCCCCCCOc3ccc4ccccc4c3-c3c(OCCCCCCCCCCCCOc4ccc(-c5ccc(O[C@@H](C)CCCCCC)cc5)cc4)ccc4ccccc34)cc2)cc1. The summed E-state index contributed by atoms with van der Waals surface area (Å²) in [7, 11) is 0. The van der Waals surface area contributed by atoms with Gasteiger partial charge in [0.05, 0.1) is 38.6 Å². The minimum atomic E-state index is 0.247. The first-order valence-electron chi connectivity index (χ1n) is 35.7. The summed E-state index contributed by atoms with van der Waals surface area (Å²) in [5.74, 6) is 5.68.